The second-order valence-corrected chi connectivity index (χ2v) is 6.94. The van der Waals surface area contributed by atoms with Crippen molar-refractivity contribution >= 4 is 29.2 Å². The van der Waals surface area contributed by atoms with Crippen LogP contribution in [0.1, 0.15) is 30.9 Å². The van der Waals surface area contributed by atoms with E-state index in [1.807, 2.05) is 25.1 Å². The molecule has 2 aromatic carbocycles. The highest BCUT2D eigenvalue weighted by Crippen LogP contribution is 2.30. The van der Waals surface area contributed by atoms with Crippen molar-refractivity contribution in [1.29, 1.82) is 0 Å². The zero-order valence-corrected chi connectivity index (χ0v) is 18.2. The summed E-state index contributed by atoms with van der Waals surface area (Å²) in [4.78, 5) is 35.2. The van der Waals surface area contributed by atoms with Crippen LogP contribution in [0.2, 0.25) is 0 Å². The molecular weight excluding hydrogens is 414 g/mol. The molecule has 0 aromatic heterocycles. The quantitative estimate of drug-likeness (QED) is 0.525. The molecule has 0 spiro atoms. The lowest BCUT2D eigenvalue weighted by Gasteiger charge is -2.24. The second-order valence-electron chi connectivity index (χ2n) is 6.94. The van der Waals surface area contributed by atoms with Crippen LogP contribution in [-0.4, -0.2) is 49.3 Å². The molecule has 9 heteroatoms. The standard InChI is InChI=1S/C23H25N3O6/c1-4-32-20-13-16(7-11-19(20)30-2)18-10-12-21(27)26(25-18)14-15-5-8-17(9-6-15)24-22(28)23(29)31-3/h5-9,11,13H,4,10,12,14H2,1-3H3,(H,24,28). The monoisotopic (exact) mass is 439 g/mol. The predicted octanol–water partition coefficient (Wildman–Crippen LogP) is 2.73. The van der Waals surface area contributed by atoms with Crippen molar-refractivity contribution in [3.63, 3.8) is 0 Å². The van der Waals surface area contributed by atoms with E-state index in [0.717, 1.165) is 23.9 Å². The number of methoxy groups -OCH3 is 2. The fourth-order valence-electron chi connectivity index (χ4n) is 3.20. The Balaban J connectivity index is 1.75. The van der Waals surface area contributed by atoms with Crippen LogP contribution in [0, 0.1) is 0 Å². The molecule has 2 aromatic rings. The molecule has 32 heavy (non-hydrogen) atoms. The predicted molar refractivity (Wildman–Crippen MR) is 118 cm³/mol. The molecule has 9 nitrogen and oxygen atoms in total. The summed E-state index contributed by atoms with van der Waals surface area (Å²) in [5, 5.41) is 8.44. The van der Waals surface area contributed by atoms with Gasteiger partial charge in [0.05, 0.1) is 33.1 Å². The van der Waals surface area contributed by atoms with E-state index in [0.29, 0.717) is 36.6 Å². The van der Waals surface area contributed by atoms with E-state index in [9.17, 15) is 14.4 Å². The summed E-state index contributed by atoms with van der Waals surface area (Å²) >= 11 is 0. The Hall–Kier alpha value is -3.88. The Labute approximate surface area is 185 Å². The number of nitrogens with zero attached hydrogens (tertiary/aromatic N) is 2. The first-order valence-corrected chi connectivity index (χ1v) is 10.1. The summed E-state index contributed by atoms with van der Waals surface area (Å²) in [6.45, 7) is 2.69. The number of amides is 2. The number of carbonyl (C=O) groups is 3. The molecule has 1 aliphatic heterocycles. The van der Waals surface area contributed by atoms with Gasteiger partial charge in [-0.1, -0.05) is 12.1 Å². The topological polar surface area (TPSA) is 107 Å². The molecule has 0 aliphatic carbocycles. The van der Waals surface area contributed by atoms with E-state index in [1.165, 1.54) is 5.01 Å². The zero-order chi connectivity index (χ0) is 23.1. The Morgan fingerprint density at radius 3 is 2.47 bits per heavy atom. The number of hydrogen-bond acceptors (Lipinski definition) is 7. The van der Waals surface area contributed by atoms with E-state index < -0.39 is 11.9 Å². The third-order valence-electron chi connectivity index (χ3n) is 4.82. The molecule has 2 amide bonds. The smallest absolute Gasteiger partial charge is 0.396 e. The molecule has 1 heterocycles. The van der Waals surface area contributed by atoms with Gasteiger partial charge < -0.3 is 19.5 Å². The highest BCUT2D eigenvalue weighted by Gasteiger charge is 2.22. The minimum Gasteiger partial charge on any atom is -0.493 e. The van der Waals surface area contributed by atoms with Gasteiger partial charge >= 0.3 is 11.9 Å². The van der Waals surface area contributed by atoms with Gasteiger partial charge in [0.1, 0.15) is 0 Å². The summed E-state index contributed by atoms with van der Waals surface area (Å²) < 4.78 is 15.3. The lowest BCUT2D eigenvalue weighted by Crippen LogP contribution is -2.31. The third kappa shape index (κ3) is 5.42. The summed E-state index contributed by atoms with van der Waals surface area (Å²) in [7, 11) is 2.72. The number of rotatable bonds is 7. The molecule has 0 unspecified atom stereocenters. The summed E-state index contributed by atoms with van der Waals surface area (Å²) in [5.74, 6) is -0.634. The van der Waals surface area contributed by atoms with Crippen molar-refractivity contribution < 1.29 is 28.6 Å². The van der Waals surface area contributed by atoms with Gasteiger partial charge in [-0.3, -0.25) is 9.59 Å². The average Bonchev–Trinajstić information content (AvgIpc) is 2.81. The second kappa shape index (κ2) is 10.4. The van der Waals surface area contributed by atoms with Crippen molar-refractivity contribution in [2.24, 2.45) is 5.10 Å². The Bertz CT molecular complexity index is 1030. The maximum atomic E-state index is 12.4. The van der Waals surface area contributed by atoms with Gasteiger partial charge in [0.25, 0.3) is 0 Å². The molecule has 0 atom stereocenters. The van der Waals surface area contributed by atoms with E-state index in [2.05, 4.69) is 15.2 Å². The fraction of sp³-hybridized carbons (Fsp3) is 0.304. The number of ether oxygens (including phenoxy) is 3. The van der Waals surface area contributed by atoms with Gasteiger partial charge in [-0.2, -0.15) is 5.10 Å². The maximum absolute atomic E-state index is 12.4. The van der Waals surface area contributed by atoms with Crippen molar-refractivity contribution in [1.82, 2.24) is 5.01 Å². The van der Waals surface area contributed by atoms with Gasteiger partial charge in [0.15, 0.2) is 11.5 Å². The first kappa shape index (κ1) is 22.8. The van der Waals surface area contributed by atoms with E-state index in [-0.39, 0.29) is 12.5 Å². The molecule has 0 bridgehead atoms. The number of carbonyl (C=O) groups excluding carboxylic acids is 3. The minimum absolute atomic E-state index is 0.0737. The van der Waals surface area contributed by atoms with Crippen molar-refractivity contribution in [2.75, 3.05) is 26.1 Å². The van der Waals surface area contributed by atoms with Gasteiger partial charge in [-0.05, 0) is 42.8 Å². The summed E-state index contributed by atoms with van der Waals surface area (Å²) in [5.41, 5.74) is 2.92. The van der Waals surface area contributed by atoms with Crippen molar-refractivity contribution in [3.8, 4) is 11.5 Å². The Kier molecular flexibility index (Phi) is 7.43. The Morgan fingerprint density at radius 1 is 1.06 bits per heavy atom. The van der Waals surface area contributed by atoms with Crippen LogP contribution >= 0.6 is 0 Å². The minimum atomic E-state index is -0.971. The van der Waals surface area contributed by atoms with Crippen LogP contribution < -0.4 is 14.8 Å². The van der Waals surface area contributed by atoms with Crippen molar-refractivity contribution in [2.45, 2.75) is 26.3 Å². The largest absolute Gasteiger partial charge is 0.493 e. The van der Waals surface area contributed by atoms with Crippen LogP contribution in [0.4, 0.5) is 5.69 Å². The molecule has 0 saturated carbocycles. The van der Waals surface area contributed by atoms with Crippen molar-refractivity contribution in [3.05, 3.63) is 53.6 Å². The molecule has 0 fully saturated rings. The lowest BCUT2D eigenvalue weighted by molar-refractivity contribution is -0.150. The van der Waals surface area contributed by atoms with Gasteiger partial charge in [0.2, 0.25) is 5.91 Å². The van der Waals surface area contributed by atoms with Crippen LogP contribution in [0.5, 0.6) is 11.5 Å². The highest BCUT2D eigenvalue weighted by atomic mass is 16.5. The number of benzene rings is 2. The number of hydrazone groups is 1. The maximum Gasteiger partial charge on any atom is 0.396 e. The summed E-state index contributed by atoms with van der Waals surface area (Å²) in [6.07, 6.45) is 0.883. The van der Waals surface area contributed by atoms with Crippen LogP contribution in [0.15, 0.2) is 47.6 Å². The third-order valence-corrected chi connectivity index (χ3v) is 4.82. The van der Waals surface area contributed by atoms with E-state index >= 15 is 0 Å². The molecule has 3 rings (SSSR count). The highest BCUT2D eigenvalue weighted by molar-refractivity contribution is 6.37. The number of esters is 1. The zero-order valence-electron chi connectivity index (χ0n) is 18.2. The number of anilines is 1. The molecule has 168 valence electrons. The molecule has 0 radical (unpaired) electrons. The fourth-order valence-corrected chi connectivity index (χ4v) is 3.20. The lowest BCUT2D eigenvalue weighted by atomic mass is 10.0. The van der Waals surface area contributed by atoms with Crippen LogP contribution in [0.25, 0.3) is 0 Å². The van der Waals surface area contributed by atoms with E-state index in [4.69, 9.17) is 9.47 Å². The Morgan fingerprint density at radius 2 is 1.81 bits per heavy atom. The van der Waals surface area contributed by atoms with E-state index in [1.54, 1.807) is 31.4 Å². The van der Waals surface area contributed by atoms with Gasteiger partial charge in [-0.15, -0.1) is 0 Å². The molecule has 1 aliphatic rings. The molecular formula is C23H25N3O6. The normalized spacial score (nSPS) is 13.3. The number of nitrogens with one attached hydrogen (secondary N) is 1. The first-order chi connectivity index (χ1) is 15.4. The molecule has 1 N–H and O–H groups in total. The number of hydrogen-bond donors (Lipinski definition) is 1. The van der Waals surface area contributed by atoms with Gasteiger partial charge in [-0.25, -0.2) is 9.80 Å². The van der Waals surface area contributed by atoms with Crippen LogP contribution in [0.3, 0.4) is 0 Å². The van der Waals surface area contributed by atoms with Gasteiger partial charge in [0, 0.05) is 24.1 Å². The molecule has 0 saturated heterocycles. The summed E-state index contributed by atoms with van der Waals surface area (Å²) in [6, 6.07) is 12.4. The SMILES string of the molecule is CCOc1cc(C2=NN(Cc3ccc(NC(=O)C(=O)OC)cc3)C(=O)CC2)ccc1OC. The average molecular weight is 439 g/mol. The first-order valence-electron chi connectivity index (χ1n) is 10.1. The van der Waals surface area contributed by atoms with Crippen LogP contribution in [-0.2, 0) is 25.7 Å².